The molecule has 0 spiro atoms. The highest BCUT2D eigenvalue weighted by Crippen LogP contribution is 2.25. The number of nitrogen functional groups attached to an aromatic ring is 1. The number of carbonyl (C=O) groups excluding carboxylic acids is 1. The second-order valence-corrected chi connectivity index (χ2v) is 4.58. The molecule has 0 radical (unpaired) electrons. The maximum Gasteiger partial charge on any atom is 0.272 e. The molecular weight excluding hydrogens is 218 g/mol. The number of anilines is 1. The normalized spacial score (nSPS) is 28.0. The first-order chi connectivity index (χ1) is 8.03. The largest absolute Gasteiger partial charge is 0.397 e. The molecule has 1 aliphatic rings. The Kier molecular flexibility index (Phi) is 3.02. The predicted octanol–water partition coefficient (Wildman–Crippen LogP) is 0.961. The first kappa shape index (κ1) is 11.9. The molecule has 2 unspecified atom stereocenters. The summed E-state index contributed by atoms with van der Waals surface area (Å²) in [6.07, 6.45) is 2.35. The lowest BCUT2D eigenvalue weighted by atomic mass is 9.94. The number of pyridine rings is 1. The first-order valence-electron chi connectivity index (χ1n) is 5.67. The Bertz CT molecular complexity index is 436. The van der Waals surface area contributed by atoms with Crippen LogP contribution in [0.25, 0.3) is 0 Å². The van der Waals surface area contributed by atoms with Gasteiger partial charge in [0.05, 0.1) is 17.3 Å². The maximum atomic E-state index is 12.1. The average molecular weight is 235 g/mol. The molecule has 2 rings (SSSR count). The van der Waals surface area contributed by atoms with E-state index in [1.54, 1.807) is 18.3 Å². The van der Waals surface area contributed by atoms with Crippen LogP contribution in [0.4, 0.5) is 5.69 Å². The summed E-state index contributed by atoms with van der Waals surface area (Å²) in [5.41, 5.74) is 6.03. The third-order valence-corrected chi connectivity index (χ3v) is 3.34. The summed E-state index contributed by atoms with van der Waals surface area (Å²) in [6.45, 7) is 4.59. The van der Waals surface area contributed by atoms with E-state index in [4.69, 9.17) is 10.5 Å². The van der Waals surface area contributed by atoms with Crippen LogP contribution in [0.2, 0.25) is 0 Å². The van der Waals surface area contributed by atoms with Crippen molar-refractivity contribution in [1.82, 2.24) is 10.3 Å². The zero-order valence-electron chi connectivity index (χ0n) is 10.1. The number of rotatable bonds is 2. The van der Waals surface area contributed by atoms with E-state index in [1.165, 1.54) is 0 Å². The Labute approximate surface area is 100 Å². The van der Waals surface area contributed by atoms with Crippen LogP contribution in [0.5, 0.6) is 0 Å². The highest BCUT2D eigenvalue weighted by atomic mass is 16.5. The first-order valence-corrected chi connectivity index (χ1v) is 5.67. The molecule has 0 aliphatic carbocycles. The molecular formula is C12H17N3O2. The van der Waals surface area contributed by atoms with E-state index in [9.17, 15) is 4.79 Å². The van der Waals surface area contributed by atoms with Crippen LogP contribution in [-0.4, -0.2) is 29.1 Å². The van der Waals surface area contributed by atoms with Gasteiger partial charge in [-0.15, -0.1) is 0 Å². The molecule has 0 bridgehead atoms. The van der Waals surface area contributed by atoms with Gasteiger partial charge in [0.2, 0.25) is 0 Å². The van der Waals surface area contributed by atoms with E-state index in [-0.39, 0.29) is 23.2 Å². The molecule has 5 nitrogen and oxygen atoms in total. The molecule has 1 amide bonds. The summed E-state index contributed by atoms with van der Waals surface area (Å²) in [4.78, 5) is 16.1. The quantitative estimate of drug-likeness (QED) is 0.800. The smallest absolute Gasteiger partial charge is 0.272 e. The second-order valence-electron chi connectivity index (χ2n) is 4.58. The van der Waals surface area contributed by atoms with Crippen molar-refractivity contribution in [3.05, 3.63) is 24.0 Å². The molecule has 1 saturated heterocycles. The molecule has 17 heavy (non-hydrogen) atoms. The Morgan fingerprint density at radius 2 is 2.47 bits per heavy atom. The summed E-state index contributed by atoms with van der Waals surface area (Å²) >= 11 is 0. The van der Waals surface area contributed by atoms with Gasteiger partial charge >= 0.3 is 0 Å². The van der Waals surface area contributed by atoms with Gasteiger partial charge in [-0.05, 0) is 32.4 Å². The number of nitrogens with two attached hydrogens (primary N) is 1. The summed E-state index contributed by atoms with van der Waals surface area (Å²) in [7, 11) is 0. The fraction of sp³-hybridized carbons (Fsp3) is 0.500. The molecule has 1 fully saturated rings. The monoisotopic (exact) mass is 235 g/mol. The highest BCUT2D eigenvalue weighted by Gasteiger charge is 2.38. The molecule has 2 heterocycles. The van der Waals surface area contributed by atoms with Crippen LogP contribution < -0.4 is 11.1 Å². The van der Waals surface area contributed by atoms with Crippen molar-refractivity contribution < 1.29 is 9.53 Å². The molecule has 1 aromatic heterocycles. The van der Waals surface area contributed by atoms with Crippen LogP contribution in [0, 0.1) is 0 Å². The van der Waals surface area contributed by atoms with Crippen LogP contribution >= 0.6 is 0 Å². The number of nitrogens with zero attached hydrogens (tertiary/aromatic N) is 1. The fourth-order valence-corrected chi connectivity index (χ4v) is 1.93. The van der Waals surface area contributed by atoms with E-state index >= 15 is 0 Å². The van der Waals surface area contributed by atoms with Crippen LogP contribution in [0.1, 0.15) is 30.8 Å². The SMILES string of the molecule is CC1OCCC1(C)NC(=O)c1ncccc1N. The summed E-state index contributed by atoms with van der Waals surface area (Å²) in [6, 6.07) is 3.37. The van der Waals surface area contributed by atoms with Gasteiger partial charge in [-0.3, -0.25) is 4.79 Å². The van der Waals surface area contributed by atoms with E-state index < -0.39 is 0 Å². The van der Waals surface area contributed by atoms with Crippen molar-refractivity contribution in [2.45, 2.75) is 31.9 Å². The molecule has 3 N–H and O–H groups in total. The number of ether oxygens (including phenoxy) is 1. The van der Waals surface area contributed by atoms with Gasteiger partial charge in [-0.1, -0.05) is 0 Å². The average Bonchev–Trinajstić information content (AvgIpc) is 2.59. The topological polar surface area (TPSA) is 77.2 Å². The van der Waals surface area contributed by atoms with Gasteiger partial charge in [-0.2, -0.15) is 0 Å². The molecule has 1 aliphatic heterocycles. The summed E-state index contributed by atoms with van der Waals surface area (Å²) in [5, 5.41) is 2.96. The van der Waals surface area contributed by atoms with Gasteiger partial charge in [-0.25, -0.2) is 4.98 Å². The zero-order chi connectivity index (χ0) is 12.5. The van der Waals surface area contributed by atoms with Gasteiger partial charge in [0, 0.05) is 12.8 Å². The Hall–Kier alpha value is -1.62. The van der Waals surface area contributed by atoms with Crippen molar-refractivity contribution in [1.29, 1.82) is 0 Å². The molecule has 92 valence electrons. The van der Waals surface area contributed by atoms with Crippen molar-refractivity contribution in [2.24, 2.45) is 0 Å². The Morgan fingerprint density at radius 1 is 1.71 bits per heavy atom. The number of nitrogens with one attached hydrogen (secondary N) is 1. The molecule has 0 saturated carbocycles. The third-order valence-electron chi connectivity index (χ3n) is 3.34. The van der Waals surface area contributed by atoms with Gasteiger partial charge < -0.3 is 15.8 Å². The minimum absolute atomic E-state index is 0.00335. The summed E-state index contributed by atoms with van der Waals surface area (Å²) in [5.74, 6) is -0.247. The lowest BCUT2D eigenvalue weighted by molar-refractivity contribution is 0.0725. The third kappa shape index (κ3) is 2.24. The Morgan fingerprint density at radius 3 is 3.06 bits per heavy atom. The van der Waals surface area contributed by atoms with Crippen molar-refractivity contribution >= 4 is 11.6 Å². The number of hydrogen-bond donors (Lipinski definition) is 2. The molecule has 1 aromatic rings. The van der Waals surface area contributed by atoms with Crippen molar-refractivity contribution in [2.75, 3.05) is 12.3 Å². The second kappa shape index (κ2) is 4.33. The van der Waals surface area contributed by atoms with Gasteiger partial charge in [0.1, 0.15) is 0 Å². The highest BCUT2D eigenvalue weighted by molar-refractivity contribution is 5.97. The van der Waals surface area contributed by atoms with Gasteiger partial charge in [0.15, 0.2) is 5.69 Å². The van der Waals surface area contributed by atoms with E-state index in [1.807, 2.05) is 13.8 Å². The van der Waals surface area contributed by atoms with Gasteiger partial charge in [0.25, 0.3) is 5.91 Å². The number of amides is 1. The lowest BCUT2D eigenvalue weighted by Crippen LogP contribution is -2.50. The predicted molar refractivity (Wildman–Crippen MR) is 64.6 cm³/mol. The van der Waals surface area contributed by atoms with E-state index in [0.29, 0.717) is 12.3 Å². The zero-order valence-corrected chi connectivity index (χ0v) is 10.1. The standard InChI is InChI=1S/C12H17N3O2/c1-8-12(2,5-7-17-8)15-11(16)10-9(13)4-3-6-14-10/h3-4,6,8H,5,7,13H2,1-2H3,(H,15,16). The minimum atomic E-state index is -0.346. The summed E-state index contributed by atoms with van der Waals surface area (Å²) < 4.78 is 5.47. The molecule has 0 aromatic carbocycles. The van der Waals surface area contributed by atoms with Crippen LogP contribution in [-0.2, 0) is 4.74 Å². The fourth-order valence-electron chi connectivity index (χ4n) is 1.93. The van der Waals surface area contributed by atoms with Crippen molar-refractivity contribution in [3.8, 4) is 0 Å². The van der Waals surface area contributed by atoms with E-state index in [2.05, 4.69) is 10.3 Å². The lowest BCUT2D eigenvalue weighted by Gasteiger charge is -2.28. The van der Waals surface area contributed by atoms with E-state index in [0.717, 1.165) is 6.42 Å². The van der Waals surface area contributed by atoms with Crippen LogP contribution in [0.3, 0.4) is 0 Å². The number of hydrogen-bond acceptors (Lipinski definition) is 4. The molecule has 5 heteroatoms. The van der Waals surface area contributed by atoms with Crippen molar-refractivity contribution in [3.63, 3.8) is 0 Å². The van der Waals surface area contributed by atoms with Crippen LogP contribution in [0.15, 0.2) is 18.3 Å². The number of aromatic nitrogens is 1. The minimum Gasteiger partial charge on any atom is -0.397 e. The number of carbonyl (C=O) groups is 1. The maximum absolute atomic E-state index is 12.1. The molecule has 2 atom stereocenters. The Balaban J connectivity index is 2.15.